The van der Waals surface area contributed by atoms with Crippen LogP contribution in [0.4, 0.5) is 4.79 Å². The summed E-state index contributed by atoms with van der Waals surface area (Å²) in [6.07, 6.45) is -1.14. The van der Waals surface area contributed by atoms with Gasteiger partial charge in [-0.3, -0.25) is 0 Å². The molecule has 0 aliphatic carbocycles. The van der Waals surface area contributed by atoms with Crippen molar-refractivity contribution in [2.75, 3.05) is 0 Å². The van der Waals surface area contributed by atoms with Crippen molar-refractivity contribution in [2.24, 2.45) is 0 Å². The highest BCUT2D eigenvalue weighted by Gasteiger charge is 2.15. The highest BCUT2D eigenvalue weighted by molar-refractivity contribution is 6.40. The number of hydrogen-bond acceptors (Lipinski definition) is 3. The lowest BCUT2D eigenvalue weighted by Crippen LogP contribution is -2.15. The Kier molecular flexibility index (Phi) is 4.71. The van der Waals surface area contributed by atoms with E-state index in [1.54, 1.807) is 13.8 Å². The maximum Gasteiger partial charge on any atom is 0.514 e. The van der Waals surface area contributed by atoms with Crippen molar-refractivity contribution in [3.8, 4) is 5.75 Å². The maximum absolute atomic E-state index is 11.2. The standard InChI is InChI=1S/C10H9Cl3O3/c1-5(2)15-10(14)16-9-7(12)3-6(11)4-8(9)13/h3-5H,1-2H3. The van der Waals surface area contributed by atoms with Gasteiger partial charge in [0.25, 0.3) is 0 Å². The summed E-state index contributed by atoms with van der Waals surface area (Å²) >= 11 is 17.3. The summed E-state index contributed by atoms with van der Waals surface area (Å²) in [5.41, 5.74) is 0. The highest BCUT2D eigenvalue weighted by atomic mass is 35.5. The van der Waals surface area contributed by atoms with Crippen LogP contribution in [0.15, 0.2) is 12.1 Å². The first kappa shape index (κ1) is 13.4. The lowest BCUT2D eigenvalue weighted by atomic mass is 10.3. The molecule has 0 saturated carbocycles. The zero-order chi connectivity index (χ0) is 12.3. The largest absolute Gasteiger partial charge is 0.514 e. The molecule has 0 N–H and O–H groups in total. The molecule has 0 amide bonds. The van der Waals surface area contributed by atoms with E-state index in [0.717, 1.165) is 0 Å². The second-order valence-electron chi connectivity index (χ2n) is 3.22. The van der Waals surface area contributed by atoms with Crippen LogP contribution in [0.3, 0.4) is 0 Å². The van der Waals surface area contributed by atoms with E-state index in [2.05, 4.69) is 0 Å². The number of benzene rings is 1. The quantitative estimate of drug-likeness (QED) is 0.589. The first-order valence-electron chi connectivity index (χ1n) is 4.43. The van der Waals surface area contributed by atoms with Crippen LogP contribution in [-0.4, -0.2) is 12.3 Å². The summed E-state index contributed by atoms with van der Waals surface area (Å²) in [6, 6.07) is 2.85. The van der Waals surface area contributed by atoms with Crippen molar-refractivity contribution >= 4 is 41.0 Å². The van der Waals surface area contributed by atoms with Crippen molar-refractivity contribution in [2.45, 2.75) is 20.0 Å². The average molecular weight is 284 g/mol. The lowest BCUT2D eigenvalue weighted by Gasteiger charge is -2.10. The van der Waals surface area contributed by atoms with E-state index in [1.165, 1.54) is 12.1 Å². The molecular formula is C10H9Cl3O3. The first-order chi connectivity index (χ1) is 7.40. The lowest BCUT2D eigenvalue weighted by molar-refractivity contribution is 0.0729. The molecule has 0 saturated heterocycles. The fraction of sp³-hybridized carbons (Fsp3) is 0.300. The molecule has 0 spiro atoms. The number of ether oxygens (including phenoxy) is 2. The molecule has 6 heteroatoms. The van der Waals surface area contributed by atoms with Crippen LogP contribution in [0.5, 0.6) is 5.75 Å². The molecule has 0 unspecified atom stereocenters. The van der Waals surface area contributed by atoms with Crippen molar-refractivity contribution in [3.05, 3.63) is 27.2 Å². The molecule has 0 aromatic heterocycles. The molecule has 1 aromatic rings. The number of hydrogen-bond donors (Lipinski definition) is 0. The topological polar surface area (TPSA) is 35.5 Å². The predicted molar refractivity (Wildman–Crippen MR) is 63.7 cm³/mol. The molecular weight excluding hydrogens is 274 g/mol. The van der Waals surface area contributed by atoms with Crippen molar-refractivity contribution in [1.29, 1.82) is 0 Å². The Hall–Kier alpha value is -0.640. The second-order valence-corrected chi connectivity index (χ2v) is 4.47. The summed E-state index contributed by atoms with van der Waals surface area (Å²) in [4.78, 5) is 11.2. The molecule has 3 nitrogen and oxygen atoms in total. The molecule has 0 aliphatic rings. The number of carbonyl (C=O) groups is 1. The van der Waals surface area contributed by atoms with Gasteiger partial charge < -0.3 is 9.47 Å². The van der Waals surface area contributed by atoms with Gasteiger partial charge in [0.05, 0.1) is 16.1 Å². The number of rotatable bonds is 2. The van der Waals surface area contributed by atoms with Gasteiger partial charge in [-0.15, -0.1) is 0 Å². The van der Waals surface area contributed by atoms with Crippen LogP contribution in [0.25, 0.3) is 0 Å². The van der Waals surface area contributed by atoms with Gasteiger partial charge >= 0.3 is 6.16 Å². The maximum atomic E-state index is 11.2. The Morgan fingerprint density at radius 3 is 2.12 bits per heavy atom. The summed E-state index contributed by atoms with van der Waals surface area (Å²) < 4.78 is 9.64. The SMILES string of the molecule is CC(C)OC(=O)Oc1c(Cl)cc(Cl)cc1Cl. The van der Waals surface area contributed by atoms with Gasteiger partial charge in [0, 0.05) is 5.02 Å². The average Bonchev–Trinajstić information content (AvgIpc) is 2.09. The van der Waals surface area contributed by atoms with E-state index in [0.29, 0.717) is 5.02 Å². The third-order valence-electron chi connectivity index (χ3n) is 1.48. The van der Waals surface area contributed by atoms with Gasteiger partial charge in [-0.1, -0.05) is 34.8 Å². The van der Waals surface area contributed by atoms with Gasteiger partial charge in [-0.05, 0) is 26.0 Å². The molecule has 1 rings (SSSR count). The fourth-order valence-electron chi connectivity index (χ4n) is 0.926. The molecule has 16 heavy (non-hydrogen) atoms. The second kappa shape index (κ2) is 5.62. The van der Waals surface area contributed by atoms with E-state index >= 15 is 0 Å². The van der Waals surface area contributed by atoms with Crippen LogP contribution in [-0.2, 0) is 4.74 Å². The minimum absolute atomic E-state index is 0.0402. The molecule has 0 fully saturated rings. The van der Waals surface area contributed by atoms with Crippen LogP contribution >= 0.6 is 34.8 Å². The van der Waals surface area contributed by atoms with Crippen molar-refractivity contribution in [1.82, 2.24) is 0 Å². The van der Waals surface area contributed by atoms with Gasteiger partial charge in [0.1, 0.15) is 0 Å². The zero-order valence-corrected chi connectivity index (χ0v) is 10.9. The highest BCUT2D eigenvalue weighted by Crippen LogP contribution is 2.35. The Labute approximate surface area is 108 Å². The third-order valence-corrected chi connectivity index (χ3v) is 2.26. The normalized spacial score (nSPS) is 10.4. The van der Waals surface area contributed by atoms with Crippen LogP contribution in [0.1, 0.15) is 13.8 Å². The molecule has 0 heterocycles. The molecule has 0 aliphatic heterocycles. The molecule has 88 valence electrons. The van der Waals surface area contributed by atoms with Gasteiger partial charge in [-0.2, -0.15) is 0 Å². The summed E-state index contributed by atoms with van der Waals surface area (Å²) in [6.45, 7) is 3.40. The van der Waals surface area contributed by atoms with Crippen molar-refractivity contribution in [3.63, 3.8) is 0 Å². The molecule has 1 aromatic carbocycles. The number of carbonyl (C=O) groups excluding carboxylic acids is 1. The Morgan fingerprint density at radius 2 is 1.69 bits per heavy atom. The fourth-order valence-corrected chi connectivity index (χ4v) is 1.82. The monoisotopic (exact) mass is 282 g/mol. The Bertz CT molecular complexity index is 381. The predicted octanol–water partition coefficient (Wildman–Crippen LogP) is 4.57. The zero-order valence-electron chi connectivity index (χ0n) is 8.59. The Morgan fingerprint density at radius 1 is 1.19 bits per heavy atom. The number of halogens is 3. The molecule has 0 atom stereocenters. The van der Waals surface area contributed by atoms with Gasteiger partial charge in [0.15, 0.2) is 5.75 Å². The summed E-state index contributed by atoms with van der Waals surface area (Å²) in [5.74, 6) is 0.0402. The van der Waals surface area contributed by atoms with Crippen molar-refractivity contribution < 1.29 is 14.3 Å². The van der Waals surface area contributed by atoms with E-state index in [4.69, 9.17) is 44.3 Å². The minimum Gasteiger partial charge on any atom is -0.431 e. The van der Waals surface area contributed by atoms with Gasteiger partial charge in [0.2, 0.25) is 0 Å². The summed E-state index contributed by atoms with van der Waals surface area (Å²) in [7, 11) is 0. The van der Waals surface area contributed by atoms with E-state index in [-0.39, 0.29) is 21.9 Å². The van der Waals surface area contributed by atoms with Crippen LogP contribution in [0, 0.1) is 0 Å². The van der Waals surface area contributed by atoms with Crippen LogP contribution in [0.2, 0.25) is 15.1 Å². The minimum atomic E-state index is -0.860. The van der Waals surface area contributed by atoms with E-state index in [9.17, 15) is 4.79 Å². The molecule has 0 bridgehead atoms. The van der Waals surface area contributed by atoms with Crippen LogP contribution < -0.4 is 4.74 Å². The first-order valence-corrected chi connectivity index (χ1v) is 5.56. The Balaban J connectivity index is 2.85. The summed E-state index contributed by atoms with van der Waals surface area (Å²) in [5, 5.41) is 0.663. The third kappa shape index (κ3) is 3.74. The smallest absolute Gasteiger partial charge is 0.431 e. The molecule has 0 radical (unpaired) electrons. The van der Waals surface area contributed by atoms with E-state index in [1.807, 2.05) is 0 Å². The van der Waals surface area contributed by atoms with E-state index < -0.39 is 6.16 Å². The van der Waals surface area contributed by atoms with Gasteiger partial charge in [-0.25, -0.2) is 4.79 Å².